The Morgan fingerprint density at radius 2 is 1.84 bits per heavy atom. The molecule has 0 spiro atoms. The third kappa shape index (κ3) is 2.91. The van der Waals surface area contributed by atoms with E-state index in [2.05, 4.69) is 0 Å². The topological polar surface area (TPSA) is 91.8 Å². The third-order valence-electron chi connectivity index (χ3n) is 3.68. The molecular formula is C12H21NO5S. The minimum Gasteiger partial charge on any atom is -0.481 e. The van der Waals surface area contributed by atoms with E-state index in [9.17, 15) is 18.0 Å². The van der Waals surface area contributed by atoms with Crippen LogP contribution in [0.25, 0.3) is 0 Å². The number of aliphatic carboxylic acids is 1. The number of hydrogen-bond acceptors (Lipinski definition) is 4. The molecule has 0 atom stereocenters. The van der Waals surface area contributed by atoms with Crippen LogP contribution in [-0.2, 0) is 19.6 Å². The van der Waals surface area contributed by atoms with Gasteiger partial charge in [0, 0.05) is 13.0 Å². The average Bonchev–Trinajstić information content (AvgIpc) is 2.25. The minimum absolute atomic E-state index is 0.0409. The molecule has 1 saturated heterocycles. The molecule has 1 aliphatic rings. The van der Waals surface area contributed by atoms with Crippen LogP contribution in [0, 0.1) is 5.41 Å². The van der Waals surface area contributed by atoms with Crippen LogP contribution in [0.5, 0.6) is 0 Å². The van der Waals surface area contributed by atoms with Crippen molar-refractivity contribution in [2.45, 2.75) is 51.7 Å². The lowest BCUT2D eigenvalue weighted by Crippen LogP contribution is -2.67. The molecule has 7 heteroatoms. The van der Waals surface area contributed by atoms with Gasteiger partial charge in [-0.05, 0) is 32.1 Å². The van der Waals surface area contributed by atoms with Crippen LogP contribution in [0.2, 0.25) is 0 Å². The molecule has 110 valence electrons. The first kappa shape index (κ1) is 15.9. The zero-order valence-corrected chi connectivity index (χ0v) is 12.6. The van der Waals surface area contributed by atoms with Gasteiger partial charge in [-0.3, -0.25) is 9.59 Å². The molecule has 19 heavy (non-hydrogen) atoms. The SMILES string of the molecule is CC(C)(CCC(=O)O)CCN1C(=O)C(C)(C)S1(=O)=O. The number of carbonyl (C=O) groups is 2. The Morgan fingerprint density at radius 1 is 1.32 bits per heavy atom. The van der Waals surface area contributed by atoms with E-state index in [-0.39, 0.29) is 24.3 Å². The maximum atomic E-state index is 11.9. The van der Waals surface area contributed by atoms with Crippen LogP contribution in [0.3, 0.4) is 0 Å². The Balaban J connectivity index is 2.59. The monoisotopic (exact) mass is 291 g/mol. The molecule has 0 aromatic rings. The van der Waals surface area contributed by atoms with Crippen molar-refractivity contribution in [1.29, 1.82) is 0 Å². The van der Waals surface area contributed by atoms with Crippen LogP contribution in [0.15, 0.2) is 0 Å². The predicted molar refractivity (Wildman–Crippen MR) is 70.0 cm³/mol. The van der Waals surface area contributed by atoms with E-state index in [0.29, 0.717) is 12.8 Å². The summed E-state index contributed by atoms with van der Waals surface area (Å²) in [5, 5.41) is 8.64. The first-order valence-corrected chi connectivity index (χ1v) is 7.64. The first-order valence-electron chi connectivity index (χ1n) is 6.20. The van der Waals surface area contributed by atoms with E-state index >= 15 is 0 Å². The molecule has 6 nitrogen and oxygen atoms in total. The van der Waals surface area contributed by atoms with Crippen molar-refractivity contribution in [3.63, 3.8) is 0 Å². The molecule has 0 aromatic carbocycles. The summed E-state index contributed by atoms with van der Waals surface area (Å²) in [5.41, 5.74) is -0.312. The molecule has 1 N–H and O–H groups in total. The zero-order valence-electron chi connectivity index (χ0n) is 11.8. The highest BCUT2D eigenvalue weighted by atomic mass is 32.2. The predicted octanol–water partition coefficient (Wildman–Crippen LogP) is 1.22. The fourth-order valence-electron chi connectivity index (χ4n) is 1.95. The van der Waals surface area contributed by atoms with E-state index < -0.39 is 20.7 Å². The zero-order chi connectivity index (χ0) is 15.1. The Labute approximate surface area is 113 Å². The van der Waals surface area contributed by atoms with E-state index in [0.717, 1.165) is 4.31 Å². The molecule has 1 aliphatic heterocycles. The number of carbonyl (C=O) groups excluding carboxylic acids is 1. The standard InChI is InChI=1S/C12H21NO5S/c1-11(2,6-5-9(14)15)7-8-13-10(16)12(3,4)19(13,17)18/h5-8H2,1-4H3,(H,14,15). The highest BCUT2D eigenvalue weighted by molar-refractivity contribution is 7.94. The molecule has 1 amide bonds. The lowest BCUT2D eigenvalue weighted by atomic mass is 9.84. The summed E-state index contributed by atoms with van der Waals surface area (Å²) in [5.74, 6) is -1.26. The molecule has 0 saturated carbocycles. The molecule has 0 aromatic heterocycles. The van der Waals surface area contributed by atoms with Crippen molar-refractivity contribution >= 4 is 21.9 Å². The van der Waals surface area contributed by atoms with Gasteiger partial charge in [-0.1, -0.05) is 13.8 Å². The third-order valence-corrected chi connectivity index (χ3v) is 6.08. The fraction of sp³-hybridized carbons (Fsp3) is 0.833. The highest BCUT2D eigenvalue weighted by Gasteiger charge is 2.59. The average molecular weight is 291 g/mol. The van der Waals surface area contributed by atoms with Crippen molar-refractivity contribution in [3.8, 4) is 0 Å². The van der Waals surface area contributed by atoms with Gasteiger partial charge in [0.15, 0.2) is 4.75 Å². The van der Waals surface area contributed by atoms with Gasteiger partial charge in [-0.2, -0.15) is 0 Å². The van der Waals surface area contributed by atoms with Crippen LogP contribution in [0.1, 0.15) is 47.0 Å². The Morgan fingerprint density at radius 3 is 2.26 bits per heavy atom. The van der Waals surface area contributed by atoms with Crippen molar-refractivity contribution < 1.29 is 23.1 Å². The Bertz CT molecular complexity index is 492. The Hall–Kier alpha value is -1.11. The molecule has 0 bridgehead atoms. The second-order valence-electron chi connectivity index (χ2n) is 6.20. The van der Waals surface area contributed by atoms with Gasteiger partial charge in [-0.25, -0.2) is 12.7 Å². The van der Waals surface area contributed by atoms with Crippen molar-refractivity contribution in [1.82, 2.24) is 4.31 Å². The minimum atomic E-state index is -3.54. The number of nitrogens with zero attached hydrogens (tertiary/aromatic N) is 1. The van der Waals surface area contributed by atoms with Crippen LogP contribution < -0.4 is 0 Å². The van der Waals surface area contributed by atoms with Crippen molar-refractivity contribution in [2.75, 3.05) is 6.54 Å². The molecule has 0 radical (unpaired) electrons. The number of carboxylic acid groups (broad SMARTS) is 1. The number of amides is 1. The summed E-state index contributed by atoms with van der Waals surface area (Å²) in [6, 6.07) is 0. The van der Waals surface area contributed by atoms with Gasteiger partial charge in [0.1, 0.15) is 0 Å². The lowest BCUT2D eigenvalue weighted by Gasteiger charge is -2.44. The molecule has 0 aliphatic carbocycles. The number of sulfonamides is 1. The normalized spacial score (nSPS) is 21.1. The summed E-state index contributed by atoms with van der Waals surface area (Å²) in [6.07, 6.45) is 0.953. The van der Waals surface area contributed by atoms with Crippen molar-refractivity contribution in [3.05, 3.63) is 0 Å². The maximum Gasteiger partial charge on any atom is 0.303 e. The van der Waals surface area contributed by atoms with E-state index in [4.69, 9.17) is 5.11 Å². The summed E-state index contributed by atoms with van der Waals surface area (Å²) in [7, 11) is -3.54. The molecule has 1 rings (SSSR count). The van der Waals surface area contributed by atoms with Gasteiger partial charge in [0.05, 0.1) is 0 Å². The number of hydrogen-bond donors (Lipinski definition) is 1. The maximum absolute atomic E-state index is 11.9. The fourth-order valence-corrected chi connectivity index (χ4v) is 3.48. The van der Waals surface area contributed by atoms with Crippen LogP contribution in [-0.4, -0.2) is 41.0 Å². The van der Waals surface area contributed by atoms with Gasteiger partial charge in [-0.15, -0.1) is 0 Å². The van der Waals surface area contributed by atoms with Gasteiger partial charge < -0.3 is 5.11 Å². The van der Waals surface area contributed by atoms with E-state index in [1.54, 1.807) is 0 Å². The Kier molecular flexibility index (Phi) is 4.01. The second kappa shape index (κ2) is 4.77. The molecule has 0 unspecified atom stereocenters. The number of carboxylic acids is 1. The van der Waals surface area contributed by atoms with Crippen LogP contribution in [0.4, 0.5) is 0 Å². The summed E-state index contributed by atoms with van der Waals surface area (Å²) >= 11 is 0. The van der Waals surface area contributed by atoms with Crippen LogP contribution >= 0.6 is 0 Å². The van der Waals surface area contributed by atoms with E-state index in [1.807, 2.05) is 13.8 Å². The quantitative estimate of drug-likeness (QED) is 0.794. The van der Waals surface area contributed by atoms with Gasteiger partial charge in [0.25, 0.3) is 15.9 Å². The molecular weight excluding hydrogens is 270 g/mol. The lowest BCUT2D eigenvalue weighted by molar-refractivity contribution is -0.138. The summed E-state index contributed by atoms with van der Waals surface area (Å²) in [4.78, 5) is 22.3. The van der Waals surface area contributed by atoms with Gasteiger partial charge in [0.2, 0.25) is 0 Å². The second-order valence-corrected chi connectivity index (χ2v) is 8.61. The highest BCUT2D eigenvalue weighted by Crippen LogP contribution is 2.37. The summed E-state index contributed by atoms with van der Waals surface area (Å²) in [6.45, 7) is 6.67. The van der Waals surface area contributed by atoms with Crippen molar-refractivity contribution in [2.24, 2.45) is 5.41 Å². The smallest absolute Gasteiger partial charge is 0.303 e. The number of rotatable bonds is 6. The molecule has 1 fully saturated rings. The largest absolute Gasteiger partial charge is 0.481 e. The molecule has 1 heterocycles. The van der Waals surface area contributed by atoms with Gasteiger partial charge >= 0.3 is 5.97 Å². The first-order chi connectivity index (χ1) is 8.42. The summed E-state index contributed by atoms with van der Waals surface area (Å²) < 4.78 is 23.3. The van der Waals surface area contributed by atoms with E-state index in [1.165, 1.54) is 13.8 Å².